The molecular weight excluding hydrogens is 384 g/mol. The first-order chi connectivity index (χ1) is 12.1. The summed E-state index contributed by atoms with van der Waals surface area (Å²) in [5.74, 6) is -0.0000926. The summed E-state index contributed by atoms with van der Waals surface area (Å²) in [6.07, 6.45) is -0.776. The van der Waals surface area contributed by atoms with Crippen LogP contribution in [0.25, 0.3) is 0 Å². The maximum absolute atomic E-state index is 11.9. The summed E-state index contributed by atoms with van der Waals surface area (Å²) in [6.45, 7) is 4.60. The van der Waals surface area contributed by atoms with Gasteiger partial charge in [0.1, 0.15) is 0 Å². The van der Waals surface area contributed by atoms with Crippen molar-refractivity contribution in [1.29, 1.82) is 0 Å². The van der Waals surface area contributed by atoms with Crippen molar-refractivity contribution in [2.75, 3.05) is 18.5 Å². The third-order valence-electron chi connectivity index (χ3n) is 3.13. The predicted octanol–water partition coefficient (Wildman–Crippen LogP) is 4.53. The molecule has 0 saturated carbocycles. The van der Waals surface area contributed by atoms with E-state index in [2.05, 4.69) is 15.9 Å². The molecule has 134 valence electrons. The number of ether oxygens (including phenoxy) is 2. The highest BCUT2D eigenvalue weighted by atomic mass is 79.9. The Morgan fingerprint density at radius 3 is 1.68 bits per heavy atom. The van der Waals surface area contributed by atoms with Gasteiger partial charge in [-0.3, -0.25) is 9.59 Å². The number of carbonyl (C=O) groups is 2. The van der Waals surface area contributed by atoms with Crippen molar-refractivity contribution in [2.24, 2.45) is 0 Å². The molecular formula is C20H23BrO4. The Bertz CT molecular complexity index is 623. The summed E-state index contributed by atoms with van der Waals surface area (Å²) in [5.41, 5.74) is 1.38. The smallest absolute Gasteiger partial charge is 0.222 e. The van der Waals surface area contributed by atoms with Gasteiger partial charge in [-0.1, -0.05) is 76.6 Å². The monoisotopic (exact) mass is 406 g/mol. The molecule has 0 unspecified atom stereocenters. The van der Waals surface area contributed by atoms with Gasteiger partial charge in [-0.15, -0.1) is 0 Å². The van der Waals surface area contributed by atoms with Crippen LogP contribution in [0.5, 0.6) is 0 Å². The van der Waals surface area contributed by atoms with Crippen molar-refractivity contribution in [1.82, 2.24) is 0 Å². The van der Waals surface area contributed by atoms with Gasteiger partial charge in [0.25, 0.3) is 0 Å². The minimum atomic E-state index is -0.776. The number of benzene rings is 2. The Morgan fingerprint density at radius 2 is 1.28 bits per heavy atom. The predicted molar refractivity (Wildman–Crippen MR) is 102 cm³/mol. The molecule has 0 aliphatic carbocycles. The lowest BCUT2D eigenvalue weighted by Gasteiger charge is -2.15. The number of hydrogen-bond acceptors (Lipinski definition) is 4. The van der Waals surface area contributed by atoms with Gasteiger partial charge in [-0.25, -0.2) is 0 Å². The van der Waals surface area contributed by atoms with Crippen LogP contribution in [0.1, 0.15) is 34.6 Å². The Labute approximate surface area is 157 Å². The molecule has 0 bridgehead atoms. The second kappa shape index (κ2) is 12.5. The van der Waals surface area contributed by atoms with Crippen molar-refractivity contribution < 1.29 is 19.1 Å². The highest BCUT2D eigenvalue weighted by Crippen LogP contribution is 2.07. The van der Waals surface area contributed by atoms with Crippen LogP contribution in [-0.4, -0.2) is 36.4 Å². The summed E-state index contributed by atoms with van der Waals surface area (Å²) >= 11 is 3.10. The summed E-state index contributed by atoms with van der Waals surface area (Å²) in [5, 5.41) is 0.400. The second-order valence-corrected chi connectivity index (χ2v) is 5.46. The maximum Gasteiger partial charge on any atom is 0.222 e. The molecule has 2 aromatic carbocycles. The lowest BCUT2D eigenvalue weighted by Crippen LogP contribution is -2.27. The average Bonchev–Trinajstić information content (AvgIpc) is 2.68. The van der Waals surface area contributed by atoms with E-state index >= 15 is 0 Å². The third-order valence-corrected chi connectivity index (χ3v) is 3.63. The zero-order valence-electron chi connectivity index (χ0n) is 14.5. The Morgan fingerprint density at radius 1 is 0.840 bits per heavy atom. The second-order valence-electron chi connectivity index (χ2n) is 4.90. The number of alkyl halides is 1. The molecule has 0 radical (unpaired) electrons. The third kappa shape index (κ3) is 7.73. The van der Waals surface area contributed by atoms with Gasteiger partial charge in [0.05, 0.1) is 5.33 Å². The summed E-state index contributed by atoms with van der Waals surface area (Å²) < 4.78 is 10.5. The van der Waals surface area contributed by atoms with Crippen LogP contribution in [0.2, 0.25) is 0 Å². The fraction of sp³-hybridized carbons (Fsp3) is 0.300. The molecule has 0 aliphatic heterocycles. The van der Waals surface area contributed by atoms with Crippen molar-refractivity contribution >= 4 is 27.5 Å². The Kier molecular flexibility index (Phi) is 10.6. The number of Topliss-reactive ketones (excluding diaryl/α,β-unsaturated/α-hetero) is 2. The zero-order chi connectivity index (χ0) is 18.5. The van der Waals surface area contributed by atoms with Crippen LogP contribution in [0.4, 0.5) is 0 Å². The largest absolute Gasteiger partial charge is 0.346 e. The number of rotatable bonds is 8. The first-order valence-corrected chi connectivity index (χ1v) is 9.22. The van der Waals surface area contributed by atoms with Gasteiger partial charge in [0.15, 0.2) is 5.78 Å². The Balaban J connectivity index is 0.000000271. The standard InChI is InChI=1S/C12H16O3.C8H7BrO/c1-3-14-12(15-4-2)11(13)10-8-6-5-7-9-10;9-6-8(10)7-4-2-1-3-5-7/h5-9,12H,3-4H2,1-2H3;1-5H,6H2. The van der Waals surface area contributed by atoms with E-state index in [1.165, 1.54) is 0 Å². The van der Waals surface area contributed by atoms with Crippen LogP contribution >= 0.6 is 15.9 Å². The molecule has 2 aromatic rings. The summed E-state index contributed by atoms with van der Waals surface area (Å²) in [4.78, 5) is 22.8. The zero-order valence-corrected chi connectivity index (χ0v) is 16.1. The van der Waals surface area contributed by atoms with Crippen LogP contribution < -0.4 is 0 Å². The van der Waals surface area contributed by atoms with Gasteiger partial charge >= 0.3 is 0 Å². The average molecular weight is 407 g/mol. The Hall–Kier alpha value is -1.82. The maximum atomic E-state index is 11.9. The molecule has 0 spiro atoms. The van der Waals surface area contributed by atoms with E-state index < -0.39 is 6.29 Å². The number of hydrogen-bond donors (Lipinski definition) is 0. The van der Waals surface area contributed by atoms with E-state index in [9.17, 15) is 9.59 Å². The molecule has 0 fully saturated rings. The van der Waals surface area contributed by atoms with Crippen LogP contribution in [-0.2, 0) is 9.47 Å². The number of carbonyl (C=O) groups excluding carboxylic acids is 2. The minimum absolute atomic E-state index is 0.126. The van der Waals surface area contributed by atoms with Gasteiger partial charge < -0.3 is 9.47 Å². The highest BCUT2D eigenvalue weighted by Gasteiger charge is 2.19. The van der Waals surface area contributed by atoms with Crippen LogP contribution in [0, 0.1) is 0 Å². The summed E-state index contributed by atoms with van der Waals surface area (Å²) in [7, 11) is 0. The van der Waals surface area contributed by atoms with E-state index in [0.29, 0.717) is 24.1 Å². The normalized spacial score (nSPS) is 10.1. The van der Waals surface area contributed by atoms with Crippen molar-refractivity contribution in [2.45, 2.75) is 20.1 Å². The first kappa shape index (κ1) is 21.2. The quantitative estimate of drug-likeness (QED) is 0.367. The number of ketones is 2. The molecule has 0 amide bonds. The highest BCUT2D eigenvalue weighted by molar-refractivity contribution is 9.09. The van der Waals surface area contributed by atoms with Crippen LogP contribution in [0.15, 0.2) is 60.7 Å². The molecule has 0 N–H and O–H groups in total. The fourth-order valence-corrected chi connectivity index (χ4v) is 2.27. The van der Waals surface area contributed by atoms with E-state index in [-0.39, 0.29) is 11.6 Å². The molecule has 0 atom stereocenters. The molecule has 0 saturated heterocycles. The summed E-state index contributed by atoms with van der Waals surface area (Å²) in [6, 6.07) is 18.3. The van der Waals surface area contributed by atoms with Crippen LogP contribution in [0.3, 0.4) is 0 Å². The molecule has 5 heteroatoms. The van der Waals surface area contributed by atoms with Gasteiger partial charge in [-0.05, 0) is 13.8 Å². The van der Waals surface area contributed by atoms with E-state index in [0.717, 1.165) is 5.56 Å². The lowest BCUT2D eigenvalue weighted by atomic mass is 10.1. The molecule has 0 aliphatic rings. The topological polar surface area (TPSA) is 52.6 Å². The molecule has 25 heavy (non-hydrogen) atoms. The molecule has 0 heterocycles. The molecule has 0 aromatic heterocycles. The minimum Gasteiger partial charge on any atom is -0.346 e. The van der Waals surface area contributed by atoms with Crippen molar-refractivity contribution in [3.8, 4) is 0 Å². The fourth-order valence-electron chi connectivity index (χ4n) is 1.94. The van der Waals surface area contributed by atoms with Gasteiger partial charge in [0.2, 0.25) is 12.1 Å². The van der Waals surface area contributed by atoms with E-state index in [1.807, 2.05) is 62.4 Å². The van der Waals surface area contributed by atoms with Gasteiger partial charge in [-0.2, -0.15) is 0 Å². The molecule has 2 rings (SSSR count). The van der Waals surface area contributed by atoms with Gasteiger partial charge in [0, 0.05) is 24.3 Å². The van der Waals surface area contributed by atoms with E-state index in [4.69, 9.17) is 9.47 Å². The van der Waals surface area contributed by atoms with Crippen molar-refractivity contribution in [3.05, 3.63) is 71.8 Å². The van der Waals surface area contributed by atoms with Crippen molar-refractivity contribution in [3.63, 3.8) is 0 Å². The van der Waals surface area contributed by atoms with E-state index in [1.54, 1.807) is 12.1 Å². The SMILES string of the molecule is CCOC(OCC)C(=O)c1ccccc1.O=C(CBr)c1ccccc1. The lowest BCUT2D eigenvalue weighted by molar-refractivity contribution is -0.107. The molecule has 4 nitrogen and oxygen atoms in total. The first-order valence-electron chi connectivity index (χ1n) is 8.10. The number of halogens is 1.